The highest BCUT2D eigenvalue weighted by Crippen LogP contribution is 2.39. The van der Waals surface area contributed by atoms with Gasteiger partial charge in [0, 0.05) is 38.3 Å². The first kappa shape index (κ1) is 15.3. The number of nitrogens with zero attached hydrogens (tertiary/aromatic N) is 2. The van der Waals surface area contributed by atoms with Gasteiger partial charge in [0.15, 0.2) is 0 Å². The summed E-state index contributed by atoms with van der Waals surface area (Å²) in [5, 5.41) is 0. The zero-order valence-corrected chi connectivity index (χ0v) is 13.2. The Morgan fingerprint density at radius 2 is 1.63 bits per heavy atom. The summed E-state index contributed by atoms with van der Waals surface area (Å²) in [5.41, 5.74) is 6.53. The molecule has 0 spiro atoms. The summed E-state index contributed by atoms with van der Waals surface area (Å²) >= 11 is 0. The van der Waals surface area contributed by atoms with Gasteiger partial charge in [-0.1, -0.05) is 20.8 Å². The minimum absolute atomic E-state index is 0.301. The van der Waals surface area contributed by atoms with Gasteiger partial charge in [-0.2, -0.15) is 0 Å². The van der Waals surface area contributed by atoms with Crippen molar-refractivity contribution in [2.75, 3.05) is 39.3 Å². The van der Waals surface area contributed by atoms with Gasteiger partial charge in [-0.25, -0.2) is 0 Å². The molecule has 0 amide bonds. The third-order valence-corrected chi connectivity index (χ3v) is 5.22. The van der Waals surface area contributed by atoms with Crippen LogP contribution in [0.25, 0.3) is 0 Å². The highest BCUT2D eigenvalue weighted by Gasteiger charge is 2.42. The molecule has 2 rings (SSSR count). The Morgan fingerprint density at radius 1 is 1.05 bits per heavy atom. The molecule has 19 heavy (non-hydrogen) atoms. The Morgan fingerprint density at radius 3 is 2.11 bits per heavy atom. The van der Waals surface area contributed by atoms with Crippen LogP contribution in [0, 0.1) is 11.8 Å². The summed E-state index contributed by atoms with van der Waals surface area (Å²) in [6.07, 6.45) is 5.27. The fraction of sp³-hybridized carbons (Fsp3) is 1.00. The molecule has 0 radical (unpaired) electrons. The Balaban J connectivity index is 1.98. The predicted molar refractivity (Wildman–Crippen MR) is 82.3 cm³/mol. The van der Waals surface area contributed by atoms with Crippen LogP contribution in [0.1, 0.15) is 46.5 Å². The molecular weight excluding hydrogens is 234 g/mol. The maximum absolute atomic E-state index is 6.23. The number of hydrogen-bond donors (Lipinski definition) is 1. The fourth-order valence-corrected chi connectivity index (χ4v) is 4.55. The number of piperazine rings is 1. The highest BCUT2D eigenvalue weighted by atomic mass is 15.3. The summed E-state index contributed by atoms with van der Waals surface area (Å²) in [7, 11) is 0. The molecule has 0 aromatic carbocycles. The molecule has 2 atom stereocenters. The molecule has 1 aliphatic carbocycles. The van der Waals surface area contributed by atoms with Crippen LogP contribution < -0.4 is 5.73 Å². The summed E-state index contributed by atoms with van der Waals surface area (Å²) < 4.78 is 0. The second-order valence-corrected chi connectivity index (χ2v) is 7.11. The van der Waals surface area contributed by atoms with Crippen LogP contribution in [0.2, 0.25) is 0 Å². The largest absolute Gasteiger partial charge is 0.329 e. The monoisotopic (exact) mass is 267 g/mol. The minimum Gasteiger partial charge on any atom is -0.329 e. The lowest BCUT2D eigenvalue weighted by Gasteiger charge is -2.52. The molecule has 1 saturated heterocycles. The van der Waals surface area contributed by atoms with E-state index in [1.807, 2.05) is 0 Å². The van der Waals surface area contributed by atoms with E-state index in [0.29, 0.717) is 5.54 Å². The van der Waals surface area contributed by atoms with Crippen molar-refractivity contribution in [2.45, 2.75) is 52.0 Å². The molecule has 3 heteroatoms. The van der Waals surface area contributed by atoms with Crippen LogP contribution in [0.5, 0.6) is 0 Å². The van der Waals surface area contributed by atoms with Gasteiger partial charge in [0.2, 0.25) is 0 Å². The molecule has 0 aromatic heterocycles. The van der Waals surface area contributed by atoms with Gasteiger partial charge in [-0.15, -0.1) is 0 Å². The third-order valence-electron chi connectivity index (χ3n) is 5.22. The van der Waals surface area contributed by atoms with Gasteiger partial charge < -0.3 is 10.6 Å². The molecule has 1 saturated carbocycles. The Kier molecular flexibility index (Phi) is 5.27. The first-order valence-electron chi connectivity index (χ1n) is 8.27. The zero-order valence-electron chi connectivity index (χ0n) is 13.2. The third kappa shape index (κ3) is 3.50. The van der Waals surface area contributed by atoms with Crippen molar-refractivity contribution in [1.82, 2.24) is 9.80 Å². The summed E-state index contributed by atoms with van der Waals surface area (Å²) in [6, 6.07) is 0. The summed E-state index contributed by atoms with van der Waals surface area (Å²) in [4.78, 5) is 5.34. The van der Waals surface area contributed by atoms with Crippen LogP contribution >= 0.6 is 0 Å². The molecule has 2 fully saturated rings. The van der Waals surface area contributed by atoms with Crippen molar-refractivity contribution < 1.29 is 0 Å². The lowest BCUT2D eigenvalue weighted by Crippen LogP contribution is -2.62. The molecule has 0 bridgehead atoms. The van der Waals surface area contributed by atoms with Gasteiger partial charge in [0.05, 0.1) is 0 Å². The lowest BCUT2D eigenvalue weighted by atomic mass is 9.70. The average molecular weight is 267 g/mol. The van der Waals surface area contributed by atoms with Crippen molar-refractivity contribution in [2.24, 2.45) is 17.6 Å². The molecule has 3 nitrogen and oxygen atoms in total. The first-order chi connectivity index (χ1) is 9.09. The second kappa shape index (κ2) is 6.55. The molecule has 0 aromatic rings. The van der Waals surface area contributed by atoms with Crippen molar-refractivity contribution in [3.63, 3.8) is 0 Å². The second-order valence-electron chi connectivity index (χ2n) is 7.11. The van der Waals surface area contributed by atoms with Gasteiger partial charge in [-0.05, 0) is 44.1 Å². The zero-order chi connectivity index (χ0) is 13.9. The maximum Gasteiger partial charge on any atom is 0.0337 e. The van der Waals surface area contributed by atoms with E-state index in [4.69, 9.17) is 5.73 Å². The smallest absolute Gasteiger partial charge is 0.0337 e. The normalized spacial score (nSPS) is 38.5. The van der Waals surface area contributed by atoms with E-state index in [9.17, 15) is 0 Å². The van der Waals surface area contributed by atoms with E-state index in [0.717, 1.165) is 18.4 Å². The van der Waals surface area contributed by atoms with Gasteiger partial charge in [0.1, 0.15) is 0 Å². The number of nitrogens with two attached hydrogens (primary N) is 1. The van der Waals surface area contributed by atoms with E-state index in [1.54, 1.807) is 0 Å². The molecule has 2 N–H and O–H groups in total. The average Bonchev–Trinajstić information content (AvgIpc) is 2.38. The summed E-state index contributed by atoms with van der Waals surface area (Å²) in [5.74, 6) is 1.67. The quantitative estimate of drug-likeness (QED) is 0.847. The molecule has 2 aliphatic rings. The topological polar surface area (TPSA) is 32.5 Å². The molecule has 1 aliphatic heterocycles. The Bertz CT molecular complexity index is 261. The number of hydrogen-bond acceptors (Lipinski definition) is 3. The van der Waals surface area contributed by atoms with Gasteiger partial charge in [0.25, 0.3) is 0 Å². The van der Waals surface area contributed by atoms with Crippen LogP contribution in [-0.4, -0.2) is 54.6 Å². The fourth-order valence-electron chi connectivity index (χ4n) is 4.55. The van der Waals surface area contributed by atoms with Crippen molar-refractivity contribution in [3.05, 3.63) is 0 Å². The Hall–Kier alpha value is -0.120. The van der Waals surface area contributed by atoms with E-state index >= 15 is 0 Å². The van der Waals surface area contributed by atoms with Crippen LogP contribution in [0.4, 0.5) is 0 Å². The minimum atomic E-state index is 0.301. The Labute approximate surface area is 119 Å². The molecule has 1 heterocycles. The predicted octanol–water partition coefficient (Wildman–Crippen LogP) is 2.17. The van der Waals surface area contributed by atoms with Crippen molar-refractivity contribution >= 4 is 0 Å². The van der Waals surface area contributed by atoms with E-state index in [-0.39, 0.29) is 0 Å². The van der Waals surface area contributed by atoms with Crippen LogP contribution in [-0.2, 0) is 0 Å². The lowest BCUT2D eigenvalue weighted by molar-refractivity contribution is -0.0125. The molecule has 2 unspecified atom stereocenters. The maximum atomic E-state index is 6.23. The first-order valence-corrected chi connectivity index (χ1v) is 8.27. The molecule has 112 valence electrons. The van der Waals surface area contributed by atoms with Crippen LogP contribution in [0.3, 0.4) is 0 Å². The van der Waals surface area contributed by atoms with Gasteiger partial charge in [-0.3, -0.25) is 4.90 Å². The van der Waals surface area contributed by atoms with E-state index in [2.05, 4.69) is 30.6 Å². The standard InChI is InChI=1S/C16H33N3/c1-4-5-18-6-8-19(9-7-18)16(13-17)11-14(2)10-15(3)12-16/h14-15H,4-13,17H2,1-3H3. The van der Waals surface area contributed by atoms with E-state index in [1.165, 1.54) is 58.4 Å². The van der Waals surface area contributed by atoms with Crippen molar-refractivity contribution in [3.8, 4) is 0 Å². The van der Waals surface area contributed by atoms with Gasteiger partial charge >= 0.3 is 0 Å². The SMILES string of the molecule is CCCN1CCN(C2(CN)CC(C)CC(C)C2)CC1. The molecular formula is C16H33N3. The highest BCUT2D eigenvalue weighted by molar-refractivity contribution is 4.99. The summed E-state index contributed by atoms with van der Waals surface area (Å²) in [6.45, 7) is 14.1. The van der Waals surface area contributed by atoms with E-state index < -0.39 is 0 Å². The van der Waals surface area contributed by atoms with Crippen LogP contribution in [0.15, 0.2) is 0 Å². The van der Waals surface area contributed by atoms with Crippen molar-refractivity contribution in [1.29, 1.82) is 0 Å². The number of rotatable bonds is 4.